The SMILES string of the molecule is CC(C)(C)c1nsc(NCCCN2C(=O)CCC2=O)n1. The van der Waals surface area contributed by atoms with Crippen molar-refractivity contribution in [2.24, 2.45) is 0 Å². The maximum Gasteiger partial charge on any atom is 0.229 e. The smallest absolute Gasteiger partial charge is 0.229 e. The van der Waals surface area contributed by atoms with Crippen molar-refractivity contribution in [1.82, 2.24) is 14.3 Å². The first-order valence-electron chi connectivity index (χ1n) is 6.79. The topological polar surface area (TPSA) is 75.2 Å². The van der Waals surface area contributed by atoms with Gasteiger partial charge in [-0.3, -0.25) is 14.5 Å². The van der Waals surface area contributed by atoms with Crippen molar-refractivity contribution >= 4 is 28.5 Å². The first-order valence-corrected chi connectivity index (χ1v) is 7.56. The molecule has 7 heteroatoms. The second-order valence-corrected chi connectivity index (χ2v) is 6.64. The van der Waals surface area contributed by atoms with Gasteiger partial charge in [-0.15, -0.1) is 0 Å². The second-order valence-electron chi connectivity index (χ2n) is 5.89. The number of nitrogens with one attached hydrogen (secondary N) is 1. The number of carbonyl (C=O) groups is 2. The van der Waals surface area contributed by atoms with Gasteiger partial charge in [-0.25, -0.2) is 4.98 Å². The van der Waals surface area contributed by atoms with E-state index in [2.05, 4.69) is 35.4 Å². The molecule has 0 saturated carbocycles. The number of anilines is 1. The highest BCUT2D eigenvalue weighted by atomic mass is 32.1. The highest BCUT2D eigenvalue weighted by molar-refractivity contribution is 7.09. The van der Waals surface area contributed by atoms with E-state index in [-0.39, 0.29) is 17.2 Å². The molecular formula is C13H20N4O2S. The van der Waals surface area contributed by atoms with E-state index in [4.69, 9.17) is 0 Å². The van der Waals surface area contributed by atoms with Crippen LogP contribution in [-0.4, -0.2) is 39.2 Å². The Morgan fingerprint density at radius 3 is 2.45 bits per heavy atom. The van der Waals surface area contributed by atoms with Crippen LogP contribution >= 0.6 is 11.5 Å². The van der Waals surface area contributed by atoms with Crippen molar-refractivity contribution in [3.8, 4) is 0 Å². The number of amides is 2. The van der Waals surface area contributed by atoms with Gasteiger partial charge in [0.2, 0.25) is 16.9 Å². The average Bonchev–Trinajstić information content (AvgIpc) is 2.94. The zero-order chi connectivity index (χ0) is 14.8. The highest BCUT2D eigenvalue weighted by Crippen LogP contribution is 2.22. The molecule has 1 N–H and O–H groups in total. The number of imide groups is 1. The molecule has 0 aromatic carbocycles. The van der Waals surface area contributed by atoms with Gasteiger partial charge >= 0.3 is 0 Å². The quantitative estimate of drug-likeness (QED) is 0.662. The second kappa shape index (κ2) is 5.87. The molecule has 0 atom stereocenters. The molecule has 1 aliphatic rings. The van der Waals surface area contributed by atoms with Crippen molar-refractivity contribution in [2.75, 3.05) is 18.4 Å². The number of nitrogens with zero attached hydrogens (tertiary/aromatic N) is 3. The number of rotatable bonds is 5. The van der Waals surface area contributed by atoms with Crippen molar-refractivity contribution in [3.63, 3.8) is 0 Å². The Bertz CT molecular complexity index is 491. The van der Waals surface area contributed by atoms with Gasteiger partial charge in [-0.05, 0) is 6.42 Å². The van der Waals surface area contributed by atoms with Gasteiger partial charge in [0.05, 0.1) is 0 Å². The fourth-order valence-electron chi connectivity index (χ4n) is 1.90. The van der Waals surface area contributed by atoms with E-state index in [1.165, 1.54) is 16.4 Å². The van der Waals surface area contributed by atoms with E-state index in [1.54, 1.807) is 0 Å². The van der Waals surface area contributed by atoms with E-state index in [9.17, 15) is 9.59 Å². The predicted octanol–water partition coefficient (Wildman–Crippen LogP) is 1.79. The summed E-state index contributed by atoms with van der Waals surface area (Å²) in [5.41, 5.74) is -0.0508. The Kier molecular flexibility index (Phi) is 4.37. The van der Waals surface area contributed by atoms with Crippen LogP contribution in [0.4, 0.5) is 5.13 Å². The summed E-state index contributed by atoms with van der Waals surface area (Å²) in [5, 5.41) is 3.97. The normalized spacial score (nSPS) is 16.1. The van der Waals surface area contributed by atoms with Crippen LogP contribution in [0, 0.1) is 0 Å². The maximum absolute atomic E-state index is 11.4. The molecule has 110 valence electrons. The van der Waals surface area contributed by atoms with Crippen molar-refractivity contribution in [2.45, 2.75) is 45.4 Å². The van der Waals surface area contributed by atoms with Crippen LogP contribution in [0.3, 0.4) is 0 Å². The van der Waals surface area contributed by atoms with E-state index < -0.39 is 0 Å². The number of hydrogen-bond donors (Lipinski definition) is 1. The van der Waals surface area contributed by atoms with E-state index in [0.29, 0.717) is 25.9 Å². The molecule has 20 heavy (non-hydrogen) atoms. The summed E-state index contributed by atoms with van der Waals surface area (Å²) in [4.78, 5) is 28.6. The molecule has 1 fully saturated rings. The van der Waals surface area contributed by atoms with E-state index in [1.807, 2.05) is 0 Å². The van der Waals surface area contributed by atoms with Crippen LogP contribution in [0.5, 0.6) is 0 Å². The maximum atomic E-state index is 11.4. The predicted molar refractivity (Wildman–Crippen MR) is 77.7 cm³/mol. The Balaban J connectivity index is 1.75. The molecule has 2 amide bonds. The molecule has 1 saturated heterocycles. The van der Waals surface area contributed by atoms with Gasteiger partial charge in [0.25, 0.3) is 0 Å². The van der Waals surface area contributed by atoms with Crippen LogP contribution in [-0.2, 0) is 15.0 Å². The lowest BCUT2D eigenvalue weighted by Gasteiger charge is -2.13. The first kappa shape index (κ1) is 14.9. The van der Waals surface area contributed by atoms with E-state index >= 15 is 0 Å². The molecule has 6 nitrogen and oxygen atoms in total. The standard InChI is InChI=1S/C13H20N4O2S/c1-13(2,3)11-15-12(20-16-11)14-7-4-8-17-9(18)5-6-10(17)19/h4-8H2,1-3H3,(H,14,15,16). The summed E-state index contributed by atoms with van der Waals surface area (Å²) in [7, 11) is 0. The third-order valence-corrected chi connectivity index (χ3v) is 3.76. The van der Waals surface area contributed by atoms with Crippen LogP contribution in [0.2, 0.25) is 0 Å². The van der Waals surface area contributed by atoms with Crippen molar-refractivity contribution < 1.29 is 9.59 Å². The fraction of sp³-hybridized carbons (Fsp3) is 0.692. The zero-order valence-electron chi connectivity index (χ0n) is 12.1. The Labute approximate surface area is 122 Å². The van der Waals surface area contributed by atoms with Crippen LogP contribution in [0.25, 0.3) is 0 Å². The Morgan fingerprint density at radius 1 is 1.25 bits per heavy atom. The first-order chi connectivity index (χ1) is 9.38. The molecule has 2 rings (SSSR count). The summed E-state index contributed by atoms with van der Waals surface area (Å²) in [6.45, 7) is 7.38. The number of aromatic nitrogens is 2. The number of hydrogen-bond acceptors (Lipinski definition) is 6. The third kappa shape index (κ3) is 3.53. The van der Waals surface area contributed by atoms with Gasteiger partial charge in [0.15, 0.2) is 0 Å². The Morgan fingerprint density at radius 2 is 1.90 bits per heavy atom. The summed E-state index contributed by atoms with van der Waals surface area (Å²) in [6.07, 6.45) is 1.44. The lowest BCUT2D eigenvalue weighted by Crippen LogP contribution is -2.31. The van der Waals surface area contributed by atoms with Gasteiger partial charge in [-0.1, -0.05) is 20.8 Å². The van der Waals surface area contributed by atoms with Gasteiger partial charge in [0, 0.05) is 42.9 Å². The molecule has 0 aliphatic carbocycles. The summed E-state index contributed by atoms with van der Waals surface area (Å²) in [5.74, 6) is 0.719. The lowest BCUT2D eigenvalue weighted by atomic mass is 9.96. The minimum Gasteiger partial charge on any atom is -0.360 e. The molecule has 0 radical (unpaired) electrons. The van der Waals surface area contributed by atoms with Gasteiger partial charge in [0.1, 0.15) is 5.82 Å². The fourth-order valence-corrected chi connectivity index (χ4v) is 2.69. The highest BCUT2D eigenvalue weighted by Gasteiger charge is 2.27. The zero-order valence-corrected chi connectivity index (χ0v) is 12.9. The lowest BCUT2D eigenvalue weighted by molar-refractivity contribution is -0.138. The molecule has 1 aliphatic heterocycles. The molecule has 0 unspecified atom stereocenters. The van der Waals surface area contributed by atoms with Gasteiger partial charge in [-0.2, -0.15) is 4.37 Å². The average molecular weight is 296 g/mol. The Hall–Kier alpha value is -1.50. The van der Waals surface area contributed by atoms with Crippen molar-refractivity contribution in [3.05, 3.63) is 5.82 Å². The molecule has 2 heterocycles. The molecule has 1 aromatic heterocycles. The molecule has 1 aromatic rings. The third-order valence-electron chi connectivity index (χ3n) is 3.09. The largest absolute Gasteiger partial charge is 0.360 e. The summed E-state index contributed by atoms with van der Waals surface area (Å²) < 4.78 is 4.32. The van der Waals surface area contributed by atoms with Crippen molar-refractivity contribution in [1.29, 1.82) is 0 Å². The molecular weight excluding hydrogens is 276 g/mol. The monoisotopic (exact) mass is 296 g/mol. The van der Waals surface area contributed by atoms with E-state index in [0.717, 1.165) is 17.4 Å². The molecule has 0 bridgehead atoms. The minimum atomic E-state index is -0.0547. The van der Waals surface area contributed by atoms with Crippen LogP contribution in [0.1, 0.15) is 45.9 Å². The van der Waals surface area contributed by atoms with Gasteiger partial charge < -0.3 is 5.32 Å². The van der Waals surface area contributed by atoms with Crippen LogP contribution < -0.4 is 5.32 Å². The minimum absolute atomic E-state index is 0.0508. The summed E-state index contributed by atoms with van der Waals surface area (Å²) in [6, 6.07) is 0. The summed E-state index contributed by atoms with van der Waals surface area (Å²) >= 11 is 1.34. The number of carbonyl (C=O) groups excluding carboxylic acids is 2. The van der Waals surface area contributed by atoms with Crippen LogP contribution in [0.15, 0.2) is 0 Å². The number of likely N-dealkylation sites (tertiary alicyclic amines) is 1. The molecule has 0 spiro atoms.